The van der Waals surface area contributed by atoms with Gasteiger partial charge in [-0.3, -0.25) is 4.90 Å². The van der Waals surface area contributed by atoms with Gasteiger partial charge in [-0.05, 0) is 57.2 Å². The van der Waals surface area contributed by atoms with E-state index in [9.17, 15) is 9.59 Å². The van der Waals surface area contributed by atoms with Crippen molar-refractivity contribution in [2.24, 2.45) is 0 Å². The van der Waals surface area contributed by atoms with Gasteiger partial charge in [0, 0.05) is 17.3 Å². The number of rotatable bonds is 4. The van der Waals surface area contributed by atoms with Crippen molar-refractivity contribution in [2.45, 2.75) is 58.1 Å². The van der Waals surface area contributed by atoms with Gasteiger partial charge in [-0.1, -0.05) is 30.2 Å². The number of benzene rings is 1. The van der Waals surface area contributed by atoms with Gasteiger partial charge < -0.3 is 10.1 Å². The van der Waals surface area contributed by atoms with E-state index in [0.717, 1.165) is 31.2 Å². The van der Waals surface area contributed by atoms with Gasteiger partial charge >= 0.3 is 12.0 Å². The van der Waals surface area contributed by atoms with E-state index < -0.39 is 6.04 Å². The van der Waals surface area contributed by atoms with Crippen LogP contribution >= 0.6 is 11.6 Å². The third kappa shape index (κ3) is 3.88. The molecule has 1 saturated carbocycles. The lowest BCUT2D eigenvalue weighted by atomic mass is 9.94. The molecule has 2 aliphatic rings. The fourth-order valence-corrected chi connectivity index (χ4v) is 3.86. The second-order valence-corrected chi connectivity index (χ2v) is 7.28. The number of nitrogens with zero attached hydrogens (tertiary/aromatic N) is 1. The summed E-state index contributed by atoms with van der Waals surface area (Å²) >= 11 is 5.98. The lowest BCUT2D eigenvalue weighted by Crippen LogP contribution is -2.48. The maximum absolute atomic E-state index is 13.0. The number of esters is 1. The Balaban J connectivity index is 1.93. The molecule has 0 bridgehead atoms. The minimum Gasteiger partial charge on any atom is -0.459 e. The standard InChI is InChI=1S/C20H25ClN2O3/c1-3-23-13(2)17(19(24)26-16-7-5-4-6-8-16)18(22-20(23)25)14-9-11-15(21)12-10-14/h9-12,16,18H,3-8H2,1-2H3,(H,22,25). The zero-order chi connectivity index (χ0) is 18.7. The highest BCUT2D eigenvalue weighted by Gasteiger charge is 2.36. The van der Waals surface area contributed by atoms with Crippen molar-refractivity contribution in [1.29, 1.82) is 0 Å². The van der Waals surface area contributed by atoms with Gasteiger partial charge in [-0.25, -0.2) is 9.59 Å². The molecule has 1 aliphatic carbocycles. The Morgan fingerprint density at radius 3 is 2.50 bits per heavy atom. The summed E-state index contributed by atoms with van der Waals surface area (Å²) < 4.78 is 5.80. The van der Waals surface area contributed by atoms with Gasteiger partial charge in [-0.15, -0.1) is 0 Å². The molecule has 1 fully saturated rings. The Morgan fingerprint density at radius 2 is 1.88 bits per heavy atom. The van der Waals surface area contributed by atoms with Crippen LogP contribution in [0.15, 0.2) is 35.5 Å². The van der Waals surface area contributed by atoms with Crippen LogP contribution in [-0.4, -0.2) is 29.5 Å². The quantitative estimate of drug-likeness (QED) is 0.782. The molecule has 0 radical (unpaired) electrons. The van der Waals surface area contributed by atoms with Crippen molar-refractivity contribution < 1.29 is 14.3 Å². The first-order valence-corrected chi connectivity index (χ1v) is 9.64. The largest absolute Gasteiger partial charge is 0.459 e. The molecule has 5 nitrogen and oxygen atoms in total. The van der Waals surface area contributed by atoms with E-state index in [0.29, 0.717) is 22.8 Å². The molecular weight excluding hydrogens is 352 g/mol. The normalized spacial score (nSPS) is 21.6. The summed E-state index contributed by atoms with van der Waals surface area (Å²) in [5, 5.41) is 3.55. The molecule has 1 N–H and O–H groups in total. The Bertz CT molecular complexity index is 708. The Morgan fingerprint density at radius 1 is 1.23 bits per heavy atom. The van der Waals surface area contributed by atoms with Crippen LogP contribution < -0.4 is 5.32 Å². The Kier molecular flexibility index (Phi) is 5.87. The van der Waals surface area contributed by atoms with Crippen molar-refractivity contribution in [1.82, 2.24) is 10.2 Å². The lowest BCUT2D eigenvalue weighted by molar-refractivity contribution is -0.146. The van der Waals surface area contributed by atoms with Crippen molar-refractivity contribution in [3.05, 3.63) is 46.1 Å². The van der Waals surface area contributed by atoms with Crippen LogP contribution in [0.25, 0.3) is 0 Å². The first-order valence-electron chi connectivity index (χ1n) is 9.26. The van der Waals surface area contributed by atoms with Crippen molar-refractivity contribution in [3.63, 3.8) is 0 Å². The van der Waals surface area contributed by atoms with Gasteiger partial charge in [0.2, 0.25) is 0 Å². The van der Waals surface area contributed by atoms with Crippen molar-refractivity contribution in [2.75, 3.05) is 6.54 Å². The van der Waals surface area contributed by atoms with Gasteiger partial charge in [0.05, 0.1) is 11.6 Å². The van der Waals surface area contributed by atoms with Gasteiger partial charge in [0.25, 0.3) is 0 Å². The number of hydrogen-bond donors (Lipinski definition) is 1. The highest BCUT2D eigenvalue weighted by molar-refractivity contribution is 6.30. The van der Waals surface area contributed by atoms with Crippen LogP contribution in [-0.2, 0) is 9.53 Å². The summed E-state index contributed by atoms with van der Waals surface area (Å²) in [5.41, 5.74) is 1.96. The zero-order valence-electron chi connectivity index (χ0n) is 15.3. The second kappa shape index (κ2) is 8.12. The molecule has 1 unspecified atom stereocenters. The van der Waals surface area contributed by atoms with Gasteiger partial charge in [-0.2, -0.15) is 0 Å². The van der Waals surface area contributed by atoms with E-state index in [2.05, 4.69) is 5.32 Å². The minimum absolute atomic E-state index is 0.0323. The minimum atomic E-state index is -0.529. The highest BCUT2D eigenvalue weighted by atomic mass is 35.5. The maximum atomic E-state index is 13.0. The van der Waals surface area contributed by atoms with Crippen LogP contribution in [0.3, 0.4) is 0 Å². The molecule has 2 amide bonds. The zero-order valence-corrected chi connectivity index (χ0v) is 16.0. The number of amides is 2. The van der Waals surface area contributed by atoms with Crippen LogP contribution in [0.5, 0.6) is 0 Å². The summed E-state index contributed by atoms with van der Waals surface area (Å²) in [6, 6.07) is 6.44. The molecular formula is C20H25ClN2O3. The molecule has 6 heteroatoms. The number of hydrogen-bond acceptors (Lipinski definition) is 3. The van der Waals surface area contributed by atoms with Crippen LogP contribution in [0, 0.1) is 0 Å². The summed E-state index contributed by atoms with van der Waals surface area (Å²) in [5.74, 6) is -0.340. The summed E-state index contributed by atoms with van der Waals surface area (Å²) in [4.78, 5) is 27.0. The molecule has 1 aromatic rings. The summed E-state index contributed by atoms with van der Waals surface area (Å²) in [6.07, 6.45) is 5.17. The molecule has 0 saturated heterocycles. The highest BCUT2D eigenvalue weighted by Crippen LogP contribution is 2.33. The smallest absolute Gasteiger partial charge is 0.338 e. The molecule has 0 spiro atoms. The summed E-state index contributed by atoms with van der Waals surface area (Å²) in [6.45, 7) is 4.18. The number of allylic oxidation sites excluding steroid dienone is 1. The van der Waals surface area contributed by atoms with Crippen LogP contribution in [0.4, 0.5) is 4.79 Å². The van der Waals surface area contributed by atoms with Crippen LogP contribution in [0.1, 0.15) is 57.6 Å². The lowest BCUT2D eigenvalue weighted by Gasteiger charge is -2.35. The van der Waals surface area contributed by atoms with E-state index >= 15 is 0 Å². The number of urea groups is 1. The van der Waals surface area contributed by atoms with Crippen molar-refractivity contribution >= 4 is 23.6 Å². The predicted molar refractivity (Wildman–Crippen MR) is 101 cm³/mol. The fraction of sp³-hybridized carbons (Fsp3) is 0.500. The molecule has 1 aliphatic heterocycles. The van der Waals surface area contributed by atoms with E-state index in [4.69, 9.17) is 16.3 Å². The Labute approximate surface area is 159 Å². The number of ether oxygens (including phenoxy) is 1. The Hall–Kier alpha value is -2.01. The van der Waals surface area contributed by atoms with Gasteiger partial charge in [0.1, 0.15) is 6.10 Å². The molecule has 0 aromatic heterocycles. The third-order valence-corrected chi connectivity index (χ3v) is 5.41. The van der Waals surface area contributed by atoms with E-state index in [1.54, 1.807) is 17.0 Å². The number of carbonyl (C=O) groups excluding carboxylic acids is 2. The molecule has 1 aromatic carbocycles. The number of halogens is 1. The van der Waals surface area contributed by atoms with Crippen LogP contribution in [0.2, 0.25) is 5.02 Å². The maximum Gasteiger partial charge on any atom is 0.338 e. The molecule has 1 heterocycles. The molecule has 1 atom stereocenters. The average molecular weight is 377 g/mol. The topological polar surface area (TPSA) is 58.6 Å². The van der Waals surface area contributed by atoms with Gasteiger partial charge in [0.15, 0.2) is 0 Å². The fourth-order valence-electron chi connectivity index (χ4n) is 3.73. The van der Waals surface area contributed by atoms with E-state index in [1.807, 2.05) is 26.0 Å². The van der Waals surface area contributed by atoms with E-state index in [1.165, 1.54) is 6.42 Å². The molecule has 3 rings (SSSR count). The molecule has 140 valence electrons. The monoisotopic (exact) mass is 376 g/mol. The van der Waals surface area contributed by atoms with Crippen molar-refractivity contribution in [3.8, 4) is 0 Å². The SMILES string of the molecule is CCN1C(=O)NC(c2ccc(Cl)cc2)C(C(=O)OC2CCCCC2)=C1C. The average Bonchev–Trinajstić information content (AvgIpc) is 2.63. The third-order valence-electron chi connectivity index (χ3n) is 5.16. The first-order chi connectivity index (χ1) is 12.5. The number of carbonyl (C=O) groups is 2. The second-order valence-electron chi connectivity index (χ2n) is 6.84. The van der Waals surface area contributed by atoms with E-state index in [-0.39, 0.29) is 18.1 Å². The first kappa shape index (κ1) is 18.8. The predicted octanol–water partition coefficient (Wildman–Crippen LogP) is 4.58. The molecule has 26 heavy (non-hydrogen) atoms. The summed E-state index contributed by atoms with van der Waals surface area (Å²) in [7, 11) is 0. The number of nitrogens with one attached hydrogen (secondary N) is 1.